The topological polar surface area (TPSA) is 266 Å². The van der Waals surface area contributed by atoms with Gasteiger partial charge in [-0.15, -0.1) is 5.11 Å². The third-order valence-corrected chi connectivity index (χ3v) is 8.52. The van der Waals surface area contributed by atoms with Crippen LogP contribution in [0.25, 0.3) is 10.8 Å². The van der Waals surface area contributed by atoms with E-state index in [0.717, 1.165) is 48.5 Å². The van der Waals surface area contributed by atoms with Gasteiger partial charge in [-0.3, -0.25) is 4.55 Å². The maximum atomic E-state index is 12.8. The van der Waals surface area contributed by atoms with Crippen molar-refractivity contribution < 1.29 is 177 Å². The number of fused-ring (bicyclic) bond motifs is 1. The van der Waals surface area contributed by atoms with Crippen LogP contribution in [0.15, 0.2) is 73.4 Å². The number of benzene rings is 3. The standard InChI is InChI=1S/C18H17N2O13PS3.4Na/c21-18-15-6-5-14(36(27,28)29)9-11(15)10-16(37(30,31)32)17(18)20-19-12-1-3-13(4-2-12)35(25,26)8-7-33-34(22,23)24;;;;/h1-6,9-10,21H,7-8H2,(H2,22,23,24)(H,27,28,29)(H,30,31,32);;;;/q;4*+1/p-4. The molecule has 200 valence electrons. The van der Waals surface area contributed by atoms with Gasteiger partial charge < -0.3 is 28.5 Å². The van der Waals surface area contributed by atoms with Gasteiger partial charge >= 0.3 is 118 Å². The van der Waals surface area contributed by atoms with Crippen molar-refractivity contribution in [1.29, 1.82) is 0 Å². The summed E-state index contributed by atoms with van der Waals surface area (Å²) in [4.78, 5) is 18.8. The zero-order valence-electron chi connectivity index (χ0n) is 21.9. The van der Waals surface area contributed by atoms with Gasteiger partial charge in [-0.1, -0.05) is 11.8 Å². The predicted octanol–water partition coefficient (Wildman–Crippen LogP) is -11.9. The predicted molar refractivity (Wildman–Crippen MR) is 117 cm³/mol. The van der Waals surface area contributed by atoms with Crippen molar-refractivity contribution in [3.05, 3.63) is 48.5 Å². The van der Waals surface area contributed by atoms with E-state index in [9.17, 15) is 53.8 Å². The first-order chi connectivity index (χ1) is 16.9. The van der Waals surface area contributed by atoms with Crippen LogP contribution in [0.3, 0.4) is 0 Å². The molecule has 0 aliphatic heterocycles. The minimum absolute atomic E-state index is 0. The Balaban J connectivity index is 0. The van der Waals surface area contributed by atoms with Crippen LogP contribution in [0, 0.1) is 0 Å². The first-order valence-electron chi connectivity index (χ1n) is 9.51. The molecule has 23 heteroatoms. The van der Waals surface area contributed by atoms with E-state index in [1.54, 1.807) is 0 Å². The number of nitrogens with zero attached hydrogens (tertiary/aromatic N) is 2. The summed E-state index contributed by atoms with van der Waals surface area (Å²) in [6.45, 7) is -0.900. The van der Waals surface area contributed by atoms with Crippen LogP contribution in [0.4, 0.5) is 11.4 Å². The molecule has 0 heterocycles. The summed E-state index contributed by atoms with van der Waals surface area (Å²) in [5.74, 6) is -1.90. The third-order valence-electron chi connectivity index (χ3n) is 4.63. The maximum absolute atomic E-state index is 12.8. The maximum Gasteiger partial charge on any atom is 1.00 e. The van der Waals surface area contributed by atoms with Gasteiger partial charge in [0.25, 0.3) is 10.1 Å². The molecule has 0 fully saturated rings. The van der Waals surface area contributed by atoms with Crippen molar-refractivity contribution in [2.75, 3.05) is 12.4 Å². The Bertz CT molecular complexity index is 1780. The van der Waals surface area contributed by atoms with E-state index < -0.39 is 71.5 Å². The molecule has 0 aliphatic rings. The molecule has 41 heavy (non-hydrogen) atoms. The normalized spacial score (nSPS) is 12.1. The summed E-state index contributed by atoms with van der Waals surface area (Å²) in [6, 6.07) is 7.55. The molecule has 0 saturated heterocycles. The SMILES string of the molecule is O=P([O-])([O-])OCCS(=O)(=O)c1ccc(N=Nc2c(S(=O)(=O)O)cc3cc(S(=O)(=O)[O-])ccc3c2[O-])cc1.[Na+].[Na+].[Na+].[Na+]. The number of phosphoric ester groups is 1. The van der Waals surface area contributed by atoms with Crippen molar-refractivity contribution >= 4 is 60.0 Å². The Hall–Kier alpha value is 1.20. The van der Waals surface area contributed by atoms with Gasteiger partial charge in [-0.2, -0.15) is 13.5 Å². The van der Waals surface area contributed by atoms with E-state index in [1.165, 1.54) is 0 Å². The minimum Gasteiger partial charge on any atom is -0.871 e. The van der Waals surface area contributed by atoms with E-state index >= 15 is 0 Å². The first kappa shape index (κ1) is 44.3. The van der Waals surface area contributed by atoms with Crippen LogP contribution in [-0.4, -0.2) is 46.7 Å². The third kappa shape index (κ3) is 12.5. The van der Waals surface area contributed by atoms with Crippen LogP contribution in [0.1, 0.15) is 0 Å². The van der Waals surface area contributed by atoms with Gasteiger partial charge in [0.1, 0.15) is 15.0 Å². The Morgan fingerprint density at radius 2 is 1.37 bits per heavy atom. The van der Waals surface area contributed by atoms with Crippen molar-refractivity contribution in [1.82, 2.24) is 0 Å². The molecular weight excluding hydrogens is 671 g/mol. The molecule has 0 amide bonds. The van der Waals surface area contributed by atoms with Crippen LogP contribution in [0.5, 0.6) is 5.75 Å². The molecule has 0 atom stereocenters. The molecular formula is C18H13N2Na4O13PS3. The largest absolute Gasteiger partial charge is 1.00 e. The monoisotopic (exact) mass is 684 g/mol. The second kappa shape index (κ2) is 17.2. The average Bonchev–Trinajstić information content (AvgIpc) is 2.76. The molecule has 0 aromatic heterocycles. The van der Waals surface area contributed by atoms with Crippen LogP contribution >= 0.6 is 7.82 Å². The Morgan fingerprint density at radius 1 is 0.829 bits per heavy atom. The smallest absolute Gasteiger partial charge is 0.871 e. The van der Waals surface area contributed by atoms with E-state index in [2.05, 4.69) is 14.8 Å². The molecule has 3 aromatic carbocycles. The number of hydrogen-bond acceptors (Lipinski definition) is 14. The van der Waals surface area contributed by atoms with Crippen LogP contribution in [0.2, 0.25) is 0 Å². The van der Waals surface area contributed by atoms with Gasteiger partial charge in [0.2, 0.25) is 0 Å². The summed E-state index contributed by atoms with van der Waals surface area (Å²) >= 11 is 0. The van der Waals surface area contributed by atoms with Gasteiger partial charge in [0, 0.05) is 0 Å². The molecule has 0 bridgehead atoms. The van der Waals surface area contributed by atoms with E-state index in [0.29, 0.717) is 0 Å². The second-order valence-corrected chi connectivity index (χ2v) is 13.2. The fraction of sp³-hybridized carbons (Fsp3) is 0.111. The molecule has 0 radical (unpaired) electrons. The molecule has 0 unspecified atom stereocenters. The first-order valence-corrected chi connectivity index (χ1v) is 15.5. The average molecular weight is 684 g/mol. The van der Waals surface area contributed by atoms with Crippen LogP contribution in [-0.2, 0) is 39.2 Å². The van der Waals surface area contributed by atoms with Crippen molar-refractivity contribution in [2.24, 2.45) is 10.2 Å². The van der Waals surface area contributed by atoms with Crippen molar-refractivity contribution in [3.63, 3.8) is 0 Å². The number of rotatable bonds is 9. The molecule has 15 nitrogen and oxygen atoms in total. The quantitative estimate of drug-likeness (QED) is 0.0951. The molecule has 0 aliphatic carbocycles. The van der Waals surface area contributed by atoms with E-state index in [-0.39, 0.29) is 140 Å². The number of hydrogen-bond donors (Lipinski definition) is 1. The zero-order valence-corrected chi connectivity index (χ0v) is 33.3. The second-order valence-electron chi connectivity index (χ2n) is 7.16. The van der Waals surface area contributed by atoms with Crippen LogP contribution < -0.4 is 133 Å². The Labute approximate surface area is 323 Å². The van der Waals surface area contributed by atoms with E-state index in [4.69, 9.17) is 0 Å². The molecule has 0 spiro atoms. The zero-order chi connectivity index (χ0) is 27.8. The summed E-state index contributed by atoms with van der Waals surface area (Å²) in [6.07, 6.45) is 0. The van der Waals surface area contributed by atoms with Crippen molar-refractivity contribution in [3.8, 4) is 5.75 Å². The molecule has 1 N–H and O–H groups in total. The Morgan fingerprint density at radius 3 is 1.85 bits per heavy atom. The fourth-order valence-electron chi connectivity index (χ4n) is 2.97. The summed E-state index contributed by atoms with van der Waals surface area (Å²) in [5, 5.41) is 19.5. The number of phosphoric acid groups is 1. The molecule has 3 aromatic rings. The van der Waals surface area contributed by atoms with Gasteiger partial charge in [0.05, 0.1) is 41.3 Å². The summed E-state index contributed by atoms with van der Waals surface area (Å²) in [7, 11) is -19.4. The summed E-state index contributed by atoms with van der Waals surface area (Å²) in [5.41, 5.74) is -0.923. The minimum atomic E-state index is -5.35. The van der Waals surface area contributed by atoms with Crippen molar-refractivity contribution in [2.45, 2.75) is 14.7 Å². The van der Waals surface area contributed by atoms with Gasteiger partial charge in [-0.05, 0) is 53.2 Å². The number of sulfone groups is 1. The van der Waals surface area contributed by atoms with Gasteiger partial charge in [0.15, 0.2) is 9.84 Å². The molecule has 0 saturated carbocycles. The Kier molecular flexibility index (Phi) is 18.6. The summed E-state index contributed by atoms with van der Waals surface area (Å²) < 4.78 is 106. The van der Waals surface area contributed by atoms with Gasteiger partial charge in [-0.25, -0.2) is 16.8 Å². The fourth-order valence-corrected chi connectivity index (χ4v) is 5.65. The van der Waals surface area contributed by atoms with E-state index in [1.807, 2.05) is 0 Å². The molecule has 3 rings (SSSR count). The number of azo groups is 1.